The minimum absolute atomic E-state index is 0.0712. The quantitative estimate of drug-likeness (QED) is 0.637. The number of nitrogens with one attached hydrogen (secondary N) is 2. The number of hydrogen-bond acceptors (Lipinski definition) is 4. The summed E-state index contributed by atoms with van der Waals surface area (Å²) in [6.45, 7) is 3.73. The molecule has 0 aliphatic carbocycles. The van der Waals surface area contributed by atoms with Gasteiger partial charge in [0.1, 0.15) is 6.04 Å². The number of carboxylic acid groups (broad SMARTS) is 1. The van der Waals surface area contributed by atoms with Crippen molar-refractivity contribution in [2.24, 2.45) is 0 Å². The van der Waals surface area contributed by atoms with E-state index < -0.39 is 33.6 Å². The summed E-state index contributed by atoms with van der Waals surface area (Å²) in [7, 11) is -3.38. The Morgan fingerprint density at radius 2 is 2.00 bits per heavy atom. The number of amides is 2. The number of aliphatic carboxylic acids is 1. The number of nitrogens with zero attached hydrogens (tertiary/aromatic N) is 1. The number of carbonyl (C=O) groups excluding carboxylic acids is 1. The molecule has 116 valence electrons. The summed E-state index contributed by atoms with van der Waals surface area (Å²) in [6.07, 6.45) is 2.13. The van der Waals surface area contributed by atoms with Crippen LogP contribution in [0, 0.1) is 0 Å². The minimum atomic E-state index is -3.38. The fourth-order valence-electron chi connectivity index (χ4n) is 2.20. The SMILES string of the molecule is CC(C)(CNC(=O)N1CCCC1C(=O)O)NS(C)(=O)=O. The summed E-state index contributed by atoms with van der Waals surface area (Å²) in [5.74, 6) is -1.02. The molecule has 2 amide bonds. The lowest BCUT2D eigenvalue weighted by molar-refractivity contribution is -0.141. The van der Waals surface area contributed by atoms with Crippen molar-refractivity contribution in [1.29, 1.82) is 0 Å². The Bertz CT molecular complexity index is 488. The molecule has 0 aromatic carbocycles. The highest BCUT2D eigenvalue weighted by atomic mass is 32.2. The van der Waals surface area contributed by atoms with Crippen molar-refractivity contribution < 1.29 is 23.1 Å². The van der Waals surface area contributed by atoms with E-state index in [1.54, 1.807) is 13.8 Å². The van der Waals surface area contributed by atoms with Crippen molar-refractivity contribution in [2.45, 2.75) is 38.3 Å². The Hall–Kier alpha value is -1.35. The summed E-state index contributed by atoms with van der Waals surface area (Å²) >= 11 is 0. The van der Waals surface area contributed by atoms with Gasteiger partial charge in [-0.3, -0.25) is 0 Å². The average molecular weight is 307 g/mol. The van der Waals surface area contributed by atoms with Crippen molar-refractivity contribution in [3.8, 4) is 0 Å². The molecule has 8 nitrogen and oxygen atoms in total. The maximum atomic E-state index is 11.9. The summed E-state index contributed by atoms with van der Waals surface area (Å²) < 4.78 is 24.8. The van der Waals surface area contributed by atoms with Gasteiger partial charge in [0.05, 0.1) is 6.26 Å². The standard InChI is InChI=1S/C11H21N3O5S/c1-11(2,13-20(3,18)19)7-12-10(17)14-6-4-5-8(14)9(15)16/h8,13H,4-7H2,1-3H3,(H,12,17)(H,15,16). The Morgan fingerprint density at radius 3 is 2.50 bits per heavy atom. The van der Waals surface area contributed by atoms with E-state index in [4.69, 9.17) is 5.11 Å². The molecule has 1 fully saturated rings. The van der Waals surface area contributed by atoms with Crippen LogP contribution in [0.5, 0.6) is 0 Å². The molecule has 3 N–H and O–H groups in total. The maximum Gasteiger partial charge on any atom is 0.326 e. The Kier molecular flexibility index (Phi) is 4.98. The number of hydrogen-bond donors (Lipinski definition) is 3. The van der Waals surface area contributed by atoms with Crippen molar-refractivity contribution in [3.63, 3.8) is 0 Å². The molecule has 9 heteroatoms. The van der Waals surface area contributed by atoms with Crippen LogP contribution in [0.3, 0.4) is 0 Å². The van der Waals surface area contributed by atoms with Crippen LogP contribution in [0.4, 0.5) is 4.79 Å². The first-order chi connectivity index (χ1) is 9.02. The van der Waals surface area contributed by atoms with E-state index in [1.165, 1.54) is 4.90 Å². The summed E-state index contributed by atoms with van der Waals surface area (Å²) in [5.41, 5.74) is -0.846. The lowest BCUT2D eigenvalue weighted by Gasteiger charge is -2.28. The zero-order valence-electron chi connectivity index (χ0n) is 11.8. The molecule has 0 saturated carbocycles. The third kappa shape index (κ3) is 4.97. The molecule has 1 aliphatic rings. The molecule has 1 rings (SSSR count). The number of rotatable bonds is 5. The highest BCUT2D eigenvalue weighted by Gasteiger charge is 2.34. The van der Waals surface area contributed by atoms with Gasteiger partial charge >= 0.3 is 12.0 Å². The molecule has 0 aromatic heterocycles. The second-order valence-corrected chi connectivity index (χ2v) is 7.35. The molecule has 0 aromatic rings. The number of urea groups is 1. The van der Waals surface area contributed by atoms with E-state index in [2.05, 4.69) is 10.0 Å². The van der Waals surface area contributed by atoms with Gasteiger partial charge in [-0.1, -0.05) is 0 Å². The van der Waals surface area contributed by atoms with Gasteiger partial charge in [-0.05, 0) is 26.7 Å². The van der Waals surface area contributed by atoms with Gasteiger partial charge in [0.15, 0.2) is 0 Å². The van der Waals surface area contributed by atoms with Crippen molar-refractivity contribution >= 4 is 22.0 Å². The van der Waals surface area contributed by atoms with Gasteiger partial charge in [0.25, 0.3) is 0 Å². The highest BCUT2D eigenvalue weighted by Crippen LogP contribution is 2.17. The zero-order chi connectivity index (χ0) is 15.6. The normalized spacial score (nSPS) is 19.9. The molecule has 1 saturated heterocycles. The van der Waals surface area contributed by atoms with Crippen LogP contribution >= 0.6 is 0 Å². The van der Waals surface area contributed by atoms with E-state index in [1.807, 2.05) is 0 Å². The van der Waals surface area contributed by atoms with Crippen LogP contribution in [0.25, 0.3) is 0 Å². The average Bonchev–Trinajstić information content (AvgIpc) is 2.71. The van der Waals surface area contributed by atoms with Crippen molar-refractivity contribution in [2.75, 3.05) is 19.3 Å². The summed E-state index contributed by atoms with van der Waals surface area (Å²) in [4.78, 5) is 24.2. The van der Waals surface area contributed by atoms with Crippen molar-refractivity contribution in [3.05, 3.63) is 0 Å². The molecule has 20 heavy (non-hydrogen) atoms. The monoisotopic (exact) mass is 307 g/mol. The van der Waals surface area contributed by atoms with Gasteiger partial charge in [-0.2, -0.15) is 0 Å². The van der Waals surface area contributed by atoms with Gasteiger partial charge in [0, 0.05) is 18.6 Å². The van der Waals surface area contributed by atoms with E-state index in [0.717, 1.165) is 6.26 Å². The third-order valence-electron chi connectivity index (χ3n) is 2.94. The second-order valence-electron chi connectivity index (χ2n) is 5.61. The lowest BCUT2D eigenvalue weighted by Crippen LogP contribution is -2.54. The molecule has 1 atom stereocenters. The van der Waals surface area contributed by atoms with Crippen LogP contribution in [-0.4, -0.2) is 61.4 Å². The van der Waals surface area contributed by atoms with Crippen LogP contribution in [0.15, 0.2) is 0 Å². The summed E-state index contributed by atoms with van der Waals surface area (Å²) in [5, 5.41) is 11.6. The predicted octanol–water partition coefficient (Wildman–Crippen LogP) is -0.427. The summed E-state index contributed by atoms with van der Waals surface area (Å²) in [6, 6.07) is -1.29. The van der Waals surface area contributed by atoms with Gasteiger partial charge < -0.3 is 15.3 Å². The molecule has 1 aliphatic heterocycles. The fraction of sp³-hybridized carbons (Fsp3) is 0.818. The molecule has 0 spiro atoms. The minimum Gasteiger partial charge on any atom is -0.480 e. The first kappa shape index (κ1) is 16.7. The van der Waals surface area contributed by atoms with E-state index in [0.29, 0.717) is 19.4 Å². The van der Waals surface area contributed by atoms with Gasteiger partial charge in [-0.25, -0.2) is 22.7 Å². The van der Waals surface area contributed by atoms with Crippen LogP contribution in [0.2, 0.25) is 0 Å². The first-order valence-electron chi connectivity index (χ1n) is 6.28. The van der Waals surface area contributed by atoms with Crippen LogP contribution < -0.4 is 10.0 Å². The largest absolute Gasteiger partial charge is 0.480 e. The first-order valence-corrected chi connectivity index (χ1v) is 8.17. The smallest absolute Gasteiger partial charge is 0.326 e. The number of carboxylic acids is 1. The molecule has 0 radical (unpaired) electrons. The maximum absolute atomic E-state index is 11.9. The van der Waals surface area contributed by atoms with E-state index >= 15 is 0 Å². The molecule has 1 heterocycles. The fourth-order valence-corrected chi connectivity index (χ4v) is 3.28. The van der Waals surface area contributed by atoms with E-state index in [-0.39, 0.29) is 6.54 Å². The zero-order valence-corrected chi connectivity index (χ0v) is 12.7. The lowest BCUT2D eigenvalue weighted by atomic mass is 10.1. The Labute approximate surface area is 118 Å². The van der Waals surface area contributed by atoms with Crippen molar-refractivity contribution in [1.82, 2.24) is 14.9 Å². The number of likely N-dealkylation sites (tertiary alicyclic amines) is 1. The number of sulfonamides is 1. The third-order valence-corrected chi connectivity index (χ3v) is 3.87. The predicted molar refractivity (Wildman–Crippen MR) is 72.8 cm³/mol. The number of carbonyl (C=O) groups is 2. The van der Waals surface area contributed by atoms with E-state index in [9.17, 15) is 18.0 Å². The van der Waals surface area contributed by atoms with Gasteiger partial charge in [0.2, 0.25) is 10.0 Å². The molecular formula is C11H21N3O5S. The molecular weight excluding hydrogens is 286 g/mol. The second kappa shape index (κ2) is 5.96. The van der Waals surface area contributed by atoms with Gasteiger partial charge in [-0.15, -0.1) is 0 Å². The van der Waals surface area contributed by atoms with Crippen LogP contribution in [0.1, 0.15) is 26.7 Å². The molecule has 0 bridgehead atoms. The highest BCUT2D eigenvalue weighted by molar-refractivity contribution is 7.88. The van der Waals surface area contributed by atoms with Crippen LogP contribution in [-0.2, 0) is 14.8 Å². The Morgan fingerprint density at radius 1 is 1.40 bits per heavy atom. The molecule has 1 unspecified atom stereocenters. The topological polar surface area (TPSA) is 116 Å². The Balaban J connectivity index is 2.57.